The molecule has 1 aliphatic rings. The molecule has 4 nitrogen and oxygen atoms in total. The highest BCUT2D eigenvalue weighted by Crippen LogP contribution is 2.23. The second-order valence-electron chi connectivity index (χ2n) is 8.13. The van der Waals surface area contributed by atoms with E-state index in [4.69, 9.17) is 11.6 Å². The number of hydrogen-bond acceptors (Lipinski definition) is 2. The van der Waals surface area contributed by atoms with Gasteiger partial charge in [0.1, 0.15) is 0 Å². The Hall–Kier alpha value is -2.33. The zero-order valence-corrected chi connectivity index (χ0v) is 18.1. The molecule has 0 radical (unpaired) electrons. The summed E-state index contributed by atoms with van der Waals surface area (Å²) in [5, 5.41) is 3.76. The largest absolute Gasteiger partial charge is 0.349 e. The summed E-state index contributed by atoms with van der Waals surface area (Å²) in [6, 6.07) is 15.4. The Kier molecular flexibility index (Phi) is 6.96. The lowest BCUT2D eigenvalue weighted by Gasteiger charge is -2.32. The fourth-order valence-electron chi connectivity index (χ4n) is 3.70. The van der Waals surface area contributed by atoms with E-state index in [2.05, 4.69) is 43.4 Å². The molecule has 1 fully saturated rings. The number of benzene rings is 2. The highest BCUT2D eigenvalue weighted by Gasteiger charge is 2.28. The molecule has 2 aromatic carbocycles. The van der Waals surface area contributed by atoms with E-state index in [1.165, 1.54) is 5.56 Å². The van der Waals surface area contributed by atoms with E-state index >= 15 is 0 Å². The van der Waals surface area contributed by atoms with E-state index in [1.807, 2.05) is 11.8 Å². The third-order valence-electron chi connectivity index (χ3n) is 5.71. The average Bonchev–Trinajstić information content (AvgIpc) is 2.74. The lowest BCUT2D eigenvalue weighted by Crippen LogP contribution is -2.43. The number of likely N-dealkylation sites (tertiary alicyclic amines) is 1. The molecule has 29 heavy (non-hydrogen) atoms. The lowest BCUT2D eigenvalue weighted by atomic mass is 9.94. The lowest BCUT2D eigenvalue weighted by molar-refractivity contribution is -0.126. The van der Waals surface area contributed by atoms with Gasteiger partial charge < -0.3 is 10.2 Å². The van der Waals surface area contributed by atoms with Crippen molar-refractivity contribution in [3.63, 3.8) is 0 Å². The molecule has 5 heteroatoms. The van der Waals surface area contributed by atoms with Crippen molar-refractivity contribution >= 4 is 23.4 Å². The van der Waals surface area contributed by atoms with Gasteiger partial charge in [0.2, 0.25) is 5.91 Å². The fourth-order valence-corrected chi connectivity index (χ4v) is 3.83. The number of carbonyl (C=O) groups excluding carboxylic acids is 2. The van der Waals surface area contributed by atoms with Crippen molar-refractivity contribution < 1.29 is 9.59 Å². The molecule has 154 valence electrons. The highest BCUT2D eigenvalue weighted by molar-refractivity contribution is 6.30. The van der Waals surface area contributed by atoms with Gasteiger partial charge in [0.15, 0.2) is 0 Å². The second kappa shape index (κ2) is 9.45. The molecular formula is C24H29ClN2O2. The Bertz CT molecular complexity index is 838. The van der Waals surface area contributed by atoms with Gasteiger partial charge in [0.25, 0.3) is 5.91 Å². The van der Waals surface area contributed by atoms with Gasteiger partial charge in [-0.15, -0.1) is 0 Å². The summed E-state index contributed by atoms with van der Waals surface area (Å²) in [4.78, 5) is 27.1. The van der Waals surface area contributed by atoms with Crippen molar-refractivity contribution in [3.8, 4) is 0 Å². The van der Waals surface area contributed by atoms with Crippen molar-refractivity contribution in [2.75, 3.05) is 13.1 Å². The monoisotopic (exact) mass is 412 g/mol. The van der Waals surface area contributed by atoms with Crippen molar-refractivity contribution in [2.45, 2.75) is 45.6 Å². The SMILES string of the molecule is CC(C)c1ccc([C@@H](C)NC(=O)C2CCN(C(=O)c3ccc(Cl)cc3)CC2)cc1. The molecule has 1 N–H and O–H groups in total. The van der Waals surface area contributed by atoms with Crippen LogP contribution in [0.15, 0.2) is 48.5 Å². The van der Waals surface area contributed by atoms with E-state index in [-0.39, 0.29) is 23.8 Å². The van der Waals surface area contributed by atoms with Crippen LogP contribution in [-0.4, -0.2) is 29.8 Å². The quantitative estimate of drug-likeness (QED) is 0.734. The van der Waals surface area contributed by atoms with Gasteiger partial charge in [-0.3, -0.25) is 9.59 Å². The van der Waals surface area contributed by atoms with Crippen LogP contribution in [-0.2, 0) is 4.79 Å². The van der Waals surface area contributed by atoms with Crippen molar-refractivity contribution in [1.29, 1.82) is 0 Å². The number of halogens is 1. The van der Waals surface area contributed by atoms with Crippen molar-refractivity contribution in [1.82, 2.24) is 10.2 Å². The van der Waals surface area contributed by atoms with Crippen LogP contribution in [0.5, 0.6) is 0 Å². The van der Waals surface area contributed by atoms with Crippen LogP contribution >= 0.6 is 11.6 Å². The Balaban J connectivity index is 1.51. The number of rotatable bonds is 5. The number of amides is 2. The molecule has 0 unspecified atom stereocenters. The minimum absolute atomic E-state index is 0.000801. The smallest absolute Gasteiger partial charge is 0.253 e. The minimum Gasteiger partial charge on any atom is -0.349 e. The topological polar surface area (TPSA) is 49.4 Å². The Morgan fingerprint density at radius 1 is 0.931 bits per heavy atom. The summed E-state index contributed by atoms with van der Waals surface area (Å²) in [6.07, 6.45) is 1.37. The molecule has 2 amide bonds. The maximum atomic E-state index is 12.7. The zero-order chi connectivity index (χ0) is 21.0. The van der Waals surface area contributed by atoms with Gasteiger partial charge >= 0.3 is 0 Å². The number of piperidine rings is 1. The van der Waals surface area contributed by atoms with Crippen LogP contribution in [0.3, 0.4) is 0 Å². The maximum absolute atomic E-state index is 12.7. The molecule has 0 aromatic heterocycles. The Labute approximate surface area is 178 Å². The standard InChI is InChI=1S/C24H29ClN2O2/c1-16(2)18-4-6-19(7-5-18)17(3)26-23(28)20-12-14-27(15-13-20)24(29)21-8-10-22(25)11-9-21/h4-11,16-17,20H,12-15H2,1-3H3,(H,26,28)/t17-/m1/s1. The van der Waals surface area contributed by atoms with Crippen LogP contribution in [0.2, 0.25) is 5.02 Å². The van der Waals surface area contributed by atoms with Crippen LogP contribution in [0.4, 0.5) is 0 Å². The number of nitrogens with one attached hydrogen (secondary N) is 1. The van der Waals surface area contributed by atoms with E-state index in [0.717, 1.165) is 5.56 Å². The molecule has 1 saturated heterocycles. The molecule has 1 heterocycles. The van der Waals surface area contributed by atoms with Gasteiger partial charge in [0, 0.05) is 29.6 Å². The summed E-state index contributed by atoms with van der Waals surface area (Å²) in [5.74, 6) is 0.513. The molecule has 1 aliphatic heterocycles. The third kappa shape index (κ3) is 5.39. The molecule has 1 atom stereocenters. The van der Waals surface area contributed by atoms with Crippen molar-refractivity contribution in [2.24, 2.45) is 5.92 Å². The van der Waals surface area contributed by atoms with E-state index in [1.54, 1.807) is 24.3 Å². The number of nitrogens with zero attached hydrogens (tertiary/aromatic N) is 1. The third-order valence-corrected chi connectivity index (χ3v) is 5.96. The predicted molar refractivity (Wildman–Crippen MR) is 117 cm³/mol. The first-order chi connectivity index (χ1) is 13.8. The van der Waals surface area contributed by atoms with Crippen LogP contribution < -0.4 is 5.32 Å². The van der Waals surface area contributed by atoms with Gasteiger partial charge in [-0.1, -0.05) is 49.7 Å². The first-order valence-corrected chi connectivity index (χ1v) is 10.7. The first-order valence-electron chi connectivity index (χ1n) is 10.3. The second-order valence-corrected chi connectivity index (χ2v) is 8.56. The molecule has 0 aliphatic carbocycles. The maximum Gasteiger partial charge on any atom is 0.253 e. The van der Waals surface area contributed by atoms with Gasteiger partial charge in [-0.25, -0.2) is 0 Å². The molecule has 0 bridgehead atoms. The first kappa shape index (κ1) is 21.4. The molecule has 0 saturated carbocycles. The molecule has 3 rings (SSSR count). The summed E-state index contributed by atoms with van der Waals surface area (Å²) >= 11 is 5.89. The average molecular weight is 413 g/mol. The number of hydrogen-bond donors (Lipinski definition) is 1. The molecule has 2 aromatic rings. The van der Waals surface area contributed by atoms with Crippen LogP contribution in [0.25, 0.3) is 0 Å². The molecule has 0 spiro atoms. The normalized spacial score (nSPS) is 16.0. The summed E-state index contributed by atoms with van der Waals surface area (Å²) in [5.41, 5.74) is 3.04. The summed E-state index contributed by atoms with van der Waals surface area (Å²) in [6.45, 7) is 7.55. The predicted octanol–water partition coefficient (Wildman–Crippen LogP) is 5.19. The van der Waals surface area contributed by atoms with Crippen molar-refractivity contribution in [3.05, 3.63) is 70.2 Å². The van der Waals surface area contributed by atoms with Gasteiger partial charge in [-0.05, 0) is 61.1 Å². The van der Waals surface area contributed by atoms with E-state index < -0.39 is 0 Å². The Morgan fingerprint density at radius 3 is 2.03 bits per heavy atom. The van der Waals surface area contributed by atoms with Crippen LogP contribution in [0, 0.1) is 5.92 Å². The zero-order valence-electron chi connectivity index (χ0n) is 17.3. The van der Waals surface area contributed by atoms with E-state index in [0.29, 0.717) is 42.4 Å². The summed E-state index contributed by atoms with van der Waals surface area (Å²) in [7, 11) is 0. The van der Waals surface area contributed by atoms with Gasteiger partial charge in [-0.2, -0.15) is 0 Å². The van der Waals surface area contributed by atoms with Crippen LogP contribution in [0.1, 0.15) is 67.1 Å². The minimum atomic E-state index is -0.0540. The summed E-state index contributed by atoms with van der Waals surface area (Å²) < 4.78 is 0. The number of carbonyl (C=O) groups is 2. The Morgan fingerprint density at radius 2 is 1.48 bits per heavy atom. The van der Waals surface area contributed by atoms with Gasteiger partial charge in [0.05, 0.1) is 6.04 Å². The van der Waals surface area contributed by atoms with E-state index in [9.17, 15) is 9.59 Å². The molecular weight excluding hydrogens is 384 g/mol. The fraction of sp³-hybridized carbons (Fsp3) is 0.417. The highest BCUT2D eigenvalue weighted by atomic mass is 35.5.